The normalized spacial score (nSPS) is 12.8. The number of nitriles is 1. The maximum absolute atomic E-state index is 12.3. The molecule has 0 aromatic heterocycles. The number of rotatable bonds is 7. The number of carbonyl (C=O) groups is 2. The van der Waals surface area contributed by atoms with Gasteiger partial charge in [-0.3, -0.25) is 4.79 Å². The van der Waals surface area contributed by atoms with Gasteiger partial charge in [-0.05, 0) is 52.4 Å². The lowest BCUT2D eigenvalue weighted by molar-refractivity contribution is -0.139. The smallest absolute Gasteiger partial charge is 0.496 e. The number of hydroxylamine groups is 2. The maximum Gasteiger partial charge on any atom is 0.528 e. The highest BCUT2D eigenvalue weighted by Crippen LogP contribution is 2.38. The lowest BCUT2D eigenvalue weighted by Gasteiger charge is -2.29. The van der Waals surface area contributed by atoms with Crippen LogP contribution in [0.2, 0.25) is 0 Å². The molecular weight excluding hydrogens is 448 g/mol. The fourth-order valence-electron chi connectivity index (χ4n) is 4.18. The van der Waals surface area contributed by atoms with Gasteiger partial charge < -0.3 is 19.4 Å². The Balaban J connectivity index is 1.60. The highest BCUT2D eigenvalue weighted by Gasteiger charge is 2.26. The summed E-state index contributed by atoms with van der Waals surface area (Å²) in [5.41, 5.74) is 5.21. The Morgan fingerprint density at radius 1 is 1.03 bits per heavy atom. The summed E-state index contributed by atoms with van der Waals surface area (Å²) in [4.78, 5) is 29.0. The molecule has 0 saturated carbocycles. The molecule has 8 nitrogen and oxygen atoms in total. The van der Waals surface area contributed by atoms with Gasteiger partial charge >= 0.3 is 12.1 Å². The number of carboxylic acids is 1. The van der Waals surface area contributed by atoms with Crippen LogP contribution >= 0.6 is 0 Å². The summed E-state index contributed by atoms with van der Waals surface area (Å²) in [7, 11) is 1.55. The zero-order valence-electron chi connectivity index (χ0n) is 19.2. The minimum atomic E-state index is -0.934. The van der Waals surface area contributed by atoms with Crippen molar-refractivity contribution in [1.82, 2.24) is 5.06 Å². The largest absolute Gasteiger partial charge is 0.528 e. The molecule has 0 atom stereocenters. The fraction of sp³-hybridized carbons (Fsp3) is 0.222. The zero-order valence-corrected chi connectivity index (χ0v) is 19.2. The van der Waals surface area contributed by atoms with Crippen LogP contribution in [0.4, 0.5) is 4.79 Å². The third-order valence-electron chi connectivity index (χ3n) is 5.81. The summed E-state index contributed by atoms with van der Waals surface area (Å²) >= 11 is 0. The van der Waals surface area contributed by atoms with E-state index in [1.54, 1.807) is 31.4 Å². The molecule has 1 N–H and O–H groups in total. The third kappa shape index (κ3) is 5.60. The quantitative estimate of drug-likeness (QED) is 0.501. The molecule has 0 unspecified atom stereocenters. The van der Waals surface area contributed by atoms with Crippen molar-refractivity contribution in [2.24, 2.45) is 0 Å². The predicted molar refractivity (Wildman–Crippen MR) is 126 cm³/mol. The van der Waals surface area contributed by atoms with E-state index in [-0.39, 0.29) is 19.6 Å². The van der Waals surface area contributed by atoms with Crippen LogP contribution in [0.1, 0.15) is 27.8 Å². The highest BCUT2D eigenvalue weighted by atomic mass is 16.8. The molecular formula is C27H24N2O6. The van der Waals surface area contributed by atoms with E-state index in [1.165, 1.54) is 5.06 Å². The minimum Gasteiger partial charge on any atom is -0.496 e. The second-order valence-corrected chi connectivity index (χ2v) is 8.06. The van der Waals surface area contributed by atoms with Gasteiger partial charge in [0.05, 0.1) is 31.7 Å². The second-order valence-electron chi connectivity index (χ2n) is 8.06. The number of carboxylic acid groups (broad SMARTS) is 1. The van der Waals surface area contributed by atoms with Crippen molar-refractivity contribution in [3.63, 3.8) is 0 Å². The topological polar surface area (TPSA) is 109 Å². The first kappa shape index (κ1) is 23.8. The van der Waals surface area contributed by atoms with Crippen LogP contribution < -0.4 is 4.74 Å². The number of hydrogen-bond acceptors (Lipinski definition) is 7. The first-order chi connectivity index (χ1) is 17.0. The molecule has 0 saturated heterocycles. The van der Waals surface area contributed by atoms with E-state index in [9.17, 15) is 20.0 Å². The summed E-state index contributed by atoms with van der Waals surface area (Å²) in [6.45, 7) is 0.746. The Labute approximate surface area is 202 Å². The van der Waals surface area contributed by atoms with E-state index in [1.807, 2.05) is 36.4 Å². The SMILES string of the molecule is COc1ccc(CC(=O)O)cc1-c1ccc(C#N)c2c1CN(OC(=O)OCc1ccccc1)CC2. The van der Waals surface area contributed by atoms with Gasteiger partial charge in [-0.25, -0.2) is 4.79 Å². The lowest BCUT2D eigenvalue weighted by atomic mass is 9.87. The first-order valence-corrected chi connectivity index (χ1v) is 11.1. The predicted octanol–water partition coefficient (Wildman–Crippen LogP) is 4.49. The minimum absolute atomic E-state index is 0.0987. The third-order valence-corrected chi connectivity index (χ3v) is 5.81. The monoisotopic (exact) mass is 472 g/mol. The summed E-state index contributed by atoms with van der Waals surface area (Å²) in [6.07, 6.45) is -0.441. The zero-order chi connectivity index (χ0) is 24.8. The lowest BCUT2D eigenvalue weighted by Crippen LogP contribution is -2.34. The summed E-state index contributed by atoms with van der Waals surface area (Å²) in [5.74, 6) is -0.358. The Morgan fingerprint density at radius 3 is 2.54 bits per heavy atom. The van der Waals surface area contributed by atoms with Gasteiger partial charge in [-0.2, -0.15) is 5.26 Å². The standard InChI is InChI=1S/C27H24N2O6/c1-33-25-10-7-19(14-26(30)31)13-23(25)22-9-8-20(15-28)21-11-12-29(16-24(21)22)35-27(32)34-17-18-5-3-2-4-6-18/h2-10,13H,11-12,14,16-17H2,1H3,(H,30,31). The van der Waals surface area contributed by atoms with E-state index in [0.717, 1.165) is 22.3 Å². The van der Waals surface area contributed by atoms with Crippen LogP contribution in [0.25, 0.3) is 11.1 Å². The summed E-state index contributed by atoms with van der Waals surface area (Å²) in [6, 6.07) is 20.3. The van der Waals surface area contributed by atoms with Crippen molar-refractivity contribution in [3.8, 4) is 22.9 Å². The molecule has 1 heterocycles. The van der Waals surface area contributed by atoms with Crippen LogP contribution in [-0.4, -0.2) is 35.9 Å². The number of aliphatic carboxylic acids is 1. The molecule has 0 aliphatic carbocycles. The molecule has 0 amide bonds. The van der Waals surface area contributed by atoms with Crippen LogP contribution in [0.3, 0.4) is 0 Å². The molecule has 0 spiro atoms. The Kier molecular flexibility index (Phi) is 7.29. The Hall–Kier alpha value is -4.35. The number of benzene rings is 3. The van der Waals surface area contributed by atoms with Crippen molar-refractivity contribution in [2.45, 2.75) is 26.0 Å². The molecule has 8 heteroatoms. The number of fused-ring (bicyclic) bond motifs is 1. The van der Waals surface area contributed by atoms with Crippen LogP contribution in [0.15, 0.2) is 60.7 Å². The molecule has 4 rings (SSSR count). The van der Waals surface area contributed by atoms with E-state index in [2.05, 4.69) is 6.07 Å². The molecule has 1 aliphatic heterocycles. The molecule has 0 bridgehead atoms. The molecule has 35 heavy (non-hydrogen) atoms. The van der Waals surface area contributed by atoms with E-state index in [0.29, 0.717) is 35.4 Å². The fourth-order valence-corrected chi connectivity index (χ4v) is 4.18. The van der Waals surface area contributed by atoms with Gasteiger partial charge in [-0.15, -0.1) is 5.06 Å². The molecule has 0 radical (unpaired) electrons. The van der Waals surface area contributed by atoms with Crippen molar-refractivity contribution >= 4 is 12.1 Å². The van der Waals surface area contributed by atoms with Gasteiger partial charge in [0, 0.05) is 12.1 Å². The number of ether oxygens (including phenoxy) is 2. The van der Waals surface area contributed by atoms with Gasteiger partial charge in [-0.1, -0.05) is 42.5 Å². The van der Waals surface area contributed by atoms with Gasteiger partial charge in [0.2, 0.25) is 0 Å². The number of hydrogen-bond donors (Lipinski definition) is 1. The molecule has 1 aliphatic rings. The van der Waals surface area contributed by atoms with Crippen LogP contribution in [0, 0.1) is 11.3 Å². The van der Waals surface area contributed by atoms with Crippen molar-refractivity contribution < 1.29 is 29.0 Å². The van der Waals surface area contributed by atoms with Gasteiger partial charge in [0.25, 0.3) is 0 Å². The molecule has 178 valence electrons. The van der Waals surface area contributed by atoms with Gasteiger partial charge in [0.1, 0.15) is 12.4 Å². The Morgan fingerprint density at radius 2 is 1.83 bits per heavy atom. The van der Waals surface area contributed by atoms with Crippen molar-refractivity contribution in [2.75, 3.05) is 13.7 Å². The number of nitrogens with zero attached hydrogens (tertiary/aromatic N) is 2. The molecule has 3 aromatic carbocycles. The number of carbonyl (C=O) groups excluding carboxylic acids is 1. The summed E-state index contributed by atoms with van der Waals surface area (Å²) in [5, 5.41) is 20.4. The average molecular weight is 472 g/mol. The van der Waals surface area contributed by atoms with E-state index in [4.69, 9.17) is 14.3 Å². The van der Waals surface area contributed by atoms with E-state index >= 15 is 0 Å². The Bertz CT molecular complexity index is 1280. The first-order valence-electron chi connectivity index (χ1n) is 11.1. The van der Waals surface area contributed by atoms with E-state index < -0.39 is 12.1 Å². The van der Waals surface area contributed by atoms with Crippen molar-refractivity contribution in [3.05, 3.63) is 88.5 Å². The van der Waals surface area contributed by atoms with Crippen molar-refractivity contribution in [1.29, 1.82) is 5.26 Å². The highest BCUT2D eigenvalue weighted by molar-refractivity contribution is 5.78. The molecule has 3 aromatic rings. The van der Waals surface area contributed by atoms with Gasteiger partial charge in [0.15, 0.2) is 0 Å². The molecule has 0 fully saturated rings. The van der Waals surface area contributed by atoms with Crippen LogP contribution in [-0.2, 0) is 40.4 Å². The van der Waals surface area contributed by atoms with Crippen LogP contribution in [0.5, 0.6) is 5.75 Å². The number of methoxy groups -OCH3 is 1. The maximum atomic E-state index is 12.3. The summed E-state index contributed by atoms with van der Waals surface area (Å²) < 4.78 is 10.8. The second kappa shape index (κ2) is 10.7. The average Bonchev–Trinajstić information content (AvgIpc) is 2.87.